The van der Waals surface area contributed by atoms with Crippen molar-refractivity contribution in [2.75, 3.05) is 13.6 Å². The molecular formula is C18H24N4O. The Morgan fingerprint density at radius 3 is 2.74 bits per heavy atom. The summed E-state index contributed by atoms with van der Waals surface area (Å²) in [6.45, 7) is 5.11. The fraction of sp³-hybridized carbons (Fsp3) is 0.389. The average molecular weight is 312 g/mol. The number of nitrogens with zero attached hydrogens (tertiary/aromatic N) is 3. The van der Waals surface area contributed by atoms with Gasteiger partial charge >= 0.3 is 0 Å². The van der Waals surface area contributed by atoms with Gasteiger partial charge in [-0.3, -0.25) is 19.7 Å². The molecule has 0 saturated carbocycles. The molecule has 1 amide bonds. The third-order valence-electron chi connectivity index (χ3n) is 3.71. The van der Waals surface area contributed by atoms with Crippen molar-refractivity contribution in [3.05, 3.63) is 59.7 Å². The van der Waals surface area contributed by atoms with Crippen molar-refractivity contribution in [3.63, 3.8) is 0 Å². The highest BCUT2D eigenvalue weighted by Gasteiger charge is 2.16. The first kappa shape index (κ1) is 17.1. The highest BCUT2D eigenvalue weighted by Crippen LogP contribution is 2.17. The van der Waals surface area contributed by atoms with Gasteiger partial charge in [-0.25, -0.2) is 0 Å². The van der Waals surface area contributed by atoms with E-state index in [1.54, 1.807) is 12.4 Å². The maximum Gasteiger partial charge on any atom is 0.234 e. The number of pyridine rings is 2. The minimum atomic E-state index is -0.0458. The fourth-order valence-electron chi connectivity index (χ4n) is 2.57. The summed E-state index contributed by atoms with van der Waals surface area (Å²) in [6, 6.07) is 7.80. The summed E-state index contributed by atoms with van der Waals surface area (Å²) in [6.07, 6.45) is 6.15. The van der Waals surface area contributed by atoms with Crippen LogP contribution in [0, 0.1) is 6.92 Å². The molecule has 0 radical (unpaired) electrons. The van der Waals surface area contributed by atoms with Crippen LogP contribution in [0.25, 0.3) is 0 Å². The van der Waals surface area contributed by atoms with Gasteiger partial charge in [-0.1, -0.05) is 19.1 Å². The predicted molar refractivity (Wildman–Crippen MR) is 90.7 cm³/mol. The minimum Gasteiger partial charge on any atom is -0.347 e. The number of hydrogen-bond acceptors (Lipinski definition) is 4. The van der Waals surface area contributed by atoms with Crippen LogP contribution in [0.2, 0.25) is 0 Å². The Morgan fingerprint density at radius 1 is 1.30 bits per heavy atom. The van der Waals surface area contributed by atoms with Gasteiger partial charge in [0.1, 0.15) is 0 Å². The maximum absolute atomic E-state index is 12.3. The number of carbonyl (C=O) groups is 1. The van der Waals surface area contributed by atoms with E-state index < -0.39 is 0 Å². The van der Waals surface area contributed by atoms with E-state index in [0.29, 0.717) is 13.1 Å². The number of carbonyl (C=O) groups excluding carboxylic acids is 1. The lowest BCUT2D eigenvalue weighted by Gasteiger charge is -2.21. The Labute approximate surface area is 137 Å². The molecule has 0 aliphatic rings. The topological polar surface area (TPSA) is 58.1 Å². The molecule has 0 unspecified atom stereocenters. The molecule has 5 nitrogen and oxygen atoms in total. The van der Waals surface area contributed by atoms with Crippen LogP contribution in [0.5, 0.6) is 0 Å². The molecule has 0 fully saturated rings. The summed E-state index contributed by atoms with van der Waals surface area (Å²) in [4.78, 5) is 22.8. The van der Waals surface area contributed by atoms with Crippen molar-refractivity contribution in [1.29, 1.82) is 0 Å². The van der Waals surface area contributed by atoms with E-state index in [1.165, 1.54) is 0 Å². The number of hydrogen-bond donors (Lipinski definition) is 1. The number of nitrogens with one attached hydrogen (secondary N) is 1. The number of aromatic nitrogens is 2. The van der Waals surface area contributed by atoms with Gasteiger partial charge < -0.3 is 5.32 Å². The molecule has 0 aliphatic heterocycles. The van der Waals surface area contributed by atoms with Gasteiger partial charge in [0.15, 0.2) is 0 Å². The Balaban J connectivity index is 1.91. The Morgan fingerprint density at radius 2 is 2.09 bits per heavy atom. The van der Waals surface area contributed by atoms with Crippen LogP contribution >= 0.6 is 0 Å². The van der Waals surface area contributed by atoms with Gasteiger partial charge in [0.25, 0.3) is 0 Å². The molecule has 0 aliphatic carbocycles. The second-order valence-electron chi connectivity index (χ2n) is 5.77. The molecular weight excluding hydrogens is 288 g/mol. The maximum atomic E-state index is 12.3. The van der Waals surface area contributed by atoms with Crippen molar-refractivity contribution in [3.8, 4) is 0 Å². The van der Waals surface area contributed by atoms with E-state index in [4.69, 9.17) is 0 Å². The molecule has 0 aromatic carbocycles. The molecule has 23 heavy (non-hydrogen) atoms. The smallest absolute Gasteiger partial charge is 0.234 e. The predicted octanol–water partition coefficient (Wildman–Crippen LogP) is 2.48. The van der Waals surface area contributed by atoms with Gasteiger partial charge in [0.05, 0.1) is 18.3 Å². The quantitative estimate of drug-likeness (QED) is 0.853. The van der Waals surface area contributed by atoms with E-state index in [-0.39, 0.29) is 11.9 Å². The number of likely N-dealkylation sites (N-methyl/N-ethyl adjacent to an activating group) is 1. The van der Waals surface area contributed by atoms with Gasteiger partial charge in [0, 0.05) is 25.1 Å². The van der Waals surface area contributed by atoms with Crippen LogP contribution in [0.1, 0.15) is 36.2 Å². The summed E-state index contributed by atoms with van der Waals surface area (Å²) in [5, 5.41) is 3.08. The fourth-order valence-corrected chi connectivity index (χ4v) is 2.57. The van der Waals surface area contributed by atoms with Crippen LogP contribution in [-0.2, 0) is 11.3 Å². The van der Waals surface area contributed by atoms with Crippen LogP contribution in [0.4, 0.5) is 0 Å². The molecule has 0 spiro atoms. The molecule has 1 atom stereocenters. The summed E-state index contributed by atoms with van der Waals surface area (Å²) in [5.41, 5.74) is 3.14. The third-order valence-corrected chi connectivity index (χ3v) is 3.71. The summed E-state index contributed by atoms with van der Waals surface area (Å²) in [7, 11) is 1.93. The zero-order chi connectivity index (χ0) is 16.7. The first-order valence-corrected chi connectivity index (χ1v) is 7.88. The van der Waals surface area contributed by atoms with E-state index in [1.807, 2.05) is 49.3 Å². The van der Waals surface area contributed by atoms with Crippen molar-refractivity contribution in [2.24, 2.45) is 0 Å². The van der Waals surface area contributed by atoms with E-state index in [9.17, 15) is 4.79 Å². The lowest BCUT2D eigenvalue weighted by atomic mass is 10.1. The summed E-state index contributed by atoms with van der Waals surface area (Å²) in [5.74, 6) is 0.00768. The monoisotopic (exact) mass is 312 g/mol. The molecule has 2 rings (SSSR count). The second kappa shape index (κ2) is 8.39. The molecule has 5 heteroatoms. The SMILES string of the molecule is CC[C@@H](NC(=O)CN(C)Cc1cccnc1)c1ncccc1C. The van der Waals surface area contributed by atoms with E-state index >= 15 is 0 Å². The number of rotatable bonds is 7. The van der Waals surface area contributed by atoms with Crippen LogP contribution in [0.3, 0.4) is 0 Å². The summed E-state index contributed by atoms with van der Waals surface area (Å²) >= 11 is 0. The first-order chi connectivity index (χ1) is 11.1. The Kier molecular flexibility index (Phi) is 6.23. The average Bonchev–Trinajstić information content (AvgIpc) is 2.54. The zero-order valence-corrected chi connectivity index (χ0v) is 14.0. The largest absolute Gasteiger partial charge is 0.347 e. The van der Waals surface area contributed by atoms with Gasteiger partial charge in [-0.15, -0.1) is 0 Å². The van der Waals surface area contributed by atoms with Gasteiger partial charge in [-0.05, 0) is 43.7 Å². The molecule has 122 valence electrons. The Hall–Kier alpha value is -2.27. The van der Waals surface area contributed by atoms with Gasteiger partial charge in [0.2, 0.25) is 5.91 Å². The normalized spacial score (nSPS) is 12.2. The molecule has 2 heterocycles. The van der Waals surface area contributed by atoms with E-state index in [0.717, 1.165) is 23.2 Å². The number of aryl methyl sites for hydroxylation is 1. The molecule has 2 aromatic heterocycles. The Bertz CT molecular complexity index is 630. The first-order valence-electron chi connectivity index (χ1n) is 7.88. The van der Waals surface area contributed by atoms with Crippen LogP contribution in [-0.4, -0.2) is 34.4 Å². The van der Waals surface area contributed by atoms with Crippen LogP contribution < -0.4 is 5.32 Å². The third kappa shape index (κ3) is 5.14. The van der Waals surface area contributed by atoms with Crippen molar-refractivity contribution < 1.29 is 4.79 Å². The summed E-state index contributed by atoms with van der Waals surface area (Å²) < 4.78 is 0. The molecule has 1 N–H and O–H groups in total. The van der Waals surface area contributed by atoms with Crippen molar-refractivity contribution in [2.45, 2.75) is 32.9 Å². The number of amides is 1. The second-order valence-corrected chi connectivity index (χ2v) is 5.77. The molecule has 2 aromatic rings. The standard InChI is InChI=1S/C18H24N4O/c1-4-16(18-14(2)7-5-10-20-18)21-17(23)13-22(3)12-15-8-6-9-19-11-15/h5-11,16H,4,12-13H2,1-3H3,(H,21,23)/t16-/m1/s1. The van der Waals surface area contributed by atoms with Crippen molar-refractivity contribution >= 4 is 5.91 Å². The minimum absolute atomic E-state index is 0.00768. The van der Waals surface area contributed by atoms with Crippen molar-refractivity contribution in [1.82, 2.24) is 20.2 Å². The van der Waals surface area contributed by atoms with E-state index in [2.05, 4.69) is 22.2 Å². The lowest BCUT2D eigenvalue weighted by molar-refractivity contribution is -0.122. The highest BCUT2D eigenvalue weighted by atomic mass is 16.2. The molecule has 0 saturated heterocycles. The molecule has 0 bridgehead atoms. The highest BCUT2D eigenvalue weighted by molar-refractivity contribution is 5.78. The lowest BCUT2D eigenvalue weighted by Crippen LogP contribution is -2.37. The van der Waals surface area contributed by atoms with Gasteiger partial charge in [-0.2, -0.15) is 0 Å². The zero-order valence-electron chi connectivity index (χ0n) is 14.0. The van der Waals surface area contributed by atoms with Crippen LogP contribution in [0.15, 0.2) is 42.9 Å².